The van der Waals surface area contributed by atoms with Gasteiger partial charge in [0.05, 0.1) is 0 Å². The first-order valence-electron chi connectivity index (χ1n) is 17.1. The van der Waals surface area contributed by atoms with Crippen LogP contribution in [0.3, 0.4) is 0 Å². The summed E-state index contributed by atoms with van der Waals surface area (Å²) in [4.78, 5) is 51.2. The average molecular weight is 775 g/mol. The van der Waals surface area contributed by atoms with E-state index in [2.05, 4.69) is 60.0 Å². The Kier molecular flexibility index (Phi) is 11.4. The predicted molar refractivity (Wildman–Crippen MR) is 190 cm³/mol. The van der Waals surface area contributed by atoms with E-state index in [1.54, 1.807) is 4.90 Å². The molecule has 4 aliphatic rings. The van der Waals surface area contributed by atoms with Crippen LogP contribution in [0.25, 0.3) is 0 Å². The Balaban J connectivity index is 1.06. The Morgan fingerprint density at radius 1 is 0.851 bits per heavy atom. The molecule has 2 aromatic rings. The molecular weight excluding hydrogens is 728 g/mol. The number of ether oxygens (including phenoxy) is 1. The van der Waals surface area contributed by atoms with Crippen molar-refractivity contribution in [2.24, 2.45) is 0 Å². The molecule has 2 aromatic carbocycles. The van der Waals surface area contributed by atoms with E-state index in [4.69, 9.17) is 4.74 Å². The molecule has 0 radical (unpaired) electrons. The average Bonchev–Trinajstić information content (AvgIpc) is 3.27. The van der Waals surface area contributed by atoms with Crippen molar-refractivity contribution in [3.63, 3.8) is 0 Å². The molecule has 4 heterocycles. The number of benzene rings is 2. The van der Waals surface area contributed by atoms with Crippen molar-refractivity contribution in [2.75, 3.05) is 70.8 Å². The molecule has 4 aliphatic heterocycles. The molecule has 3 fully saturated rings. The topological polar surface area (TPSA) is 88.7 Å². The van der Waals surface area contributed by atoms with Crippen molar-refractivity contribution < 1.29 is 19.1 Å². The molecule has 12 heteroatoms. The fraction of sp³-hybridized carbons (Fsp3) is 0.571. The van der Waals surface area contributed by atoms with E-state index in [9.17, 15) is 14.4 Å². The number of anilines is 1. The molecule has 6 rings (SSSR count). The summed E-state index contributed by atoms with van der Waals surface area (Å²) in [6, 6.07) is 14.2. The first-order chi connectivity index (χ1) is 22.8. The molecule has 0 bridgehead atoms. The largest absolute Gasteiger partial charge is 0.436 e. The molecule has 0 aromatic heterocycles. The van der Waals surface area contributed by atoms with E-state index in [1.165, 1.54) is 0 Å². The summed E-state index contributed by atoms with van der Waals surface area (Å²) in [5.41, 5.74) is 2.92. The second kappa shape index (κ2) is 15.7. The van der Waals surface area contributed by atoms with Gasteiger partial charge in [0, 0.05) is 92.0 Å². The molecule has 0 spiro atoms. The molecule has 0 aliphatic carbocycles. The van der Waals surface area contributed by atoms with Gasteiger partial charge in [-0.1, -0.05) is 31.2 Å². The van der Waals surface area contributed by atoms with E-state index >= 15 is 0 Å². The molecule has 254 valence electrons. The minimum absolute atomic E-state index is 0.0390. The number of halogens is 2. The number of likely N-dealkylation sites (N-methyl/N-ethyl adjacent to an activating group) is 1. The van der Waals surface area contributed by atoms with Gasteiger partial charge in [-0.25, -0.2) is 9.59 Å². The van der Waals surface area contributed by atoms with Gasteiger partial charge < -0.3 is 29.7 Å². The number of likely N-dealkylation sites (tertiary alicyclic amines) is 2. The zero-order valence-electron chi connectivity index (χ0n) is 27.2. The van der Waals surface area contributed by atoms with Gasteiger partial charge in [0.1, 0.15) is 0 Å². The summed E-state index contributed by atoms with van der Waals surface area (Å²) in [6.45, 7) is 10.6. The fourth-order valence-corrected chi connectivity index (χ4v) is 8.13. The van der Waals surface area contributed by atoms with E-state index in [0.717, 1.165) is 77.7 Å². The smallest absolute Gasteiger partial charge is 0.410 e. The lowest BCUT2D eigenvalue weighted by Gasteiger charge is -2.43. The number of urea groups is 1. The van der Waals surface area contributed by atoms with Gasteiger partial charge in [-0.05, 0) is 99.8 Å². The number of para-hydroxylation sites is 1. The van der Waals surface area contributed by atoms with E-state index < -0.39 is 12.2 Å². The number of hydrogen-bond acceptors (Lipinski definition) is 6. The summed E-state index contributed by atoms with van der Waals surface area (Å²) >= 11 is 7.10. The predicted octanol–water partition coefficient (Wildman–Crippen LogP) is 5.44. The third kappa shape index (κ3) is 8.32. The van der Waals surface area contributed by atoms with Crippen molar-refractivity contribution in [2.45, 2.75) is 63.6 Å². The summed E-state index contributed by atoms with van der Waals surface area (Å²) in [6.07, 6.45) is 2.92. The van der Waals surface area contributed by atoms with Crippen LogP contribution in [-0.2, 0) is 22.4 Å². The second-order valence-corrected chi connectivity index (χ2v) is 14.8. The highest BCUT2D eigenvalue weighted by Crippen LogP contribution is 2.28. The Labute approximate surface area is 295 Å². The van der Waals surface area contributed by atoms with E-state index in [1.807, 2.05) is 46.2 Å². The van der Waals surface area contributed by atoms with Crippen LogP contribution in [0.4, 0.5) is 15.3 Å². The van der Waals surface area contributed by atoms with E-state index in [0.29, 0.717) is 58.0 Å². The van der Waals surface area contributed by atoms with Crippen molar-refractivity contribution in [1.82, 2.24) is 24.5 Å². The van der Waals surface area contributed by atoms with Crippen LogP contribution in [0.15, 0.2) is 51.4 Å². The zero-order chi connectivity index (χ0) is 32.9. The van der Waals surface area contributed by atoms with Crippen LogP contribution in [0.5, 0.6) is 0 Å². The number of rotatable bonds is 7. The molecule has 0 saturated carbocycles. The van der Waals surface area contributed by atoms with Gasteiger partial charge in [-0.15, -0.1) is 0 Å². The fourth-order valence-electron chi connectivity index (χ4n) is 7.45. The maximum Gasteiger partial charge on any atom is 0.410 e. The van der Waals surface area contributed by atoms with Crippen LogP contribution in [0.2, 0.25) is 0 Å². The number of hydrogen-bond donors (Lipinski definition) is 1. The third-order valence-electron chi connectivity index (χ3n) is 10.4. The Bertz CT molecular complexity index is 1420. The molecular formula is C35H46Br2N6O4. The number of fused-ring (bicyclic) bond motifs is 1. The molecule has 3 saturated heterocycles. The monoisotopic (exact) mass is 772 g/mol. The molecule has 1 N–H and O–H groups in total. The lowest BCUT2D eigenvalue weighted by Crippen LogP contribution is -2.55. The standard InChI is InChI=1S/C35H46Br2N6O4/c1-2-39-19-21-40(22-20-39)27-10-14-41(15-11-27)33(44)32(24-25-7-8-29(36)30(37)23-25)47-35(46)42-16-12-28(13-17-42)43-18-9-26-5-3-4-6-31(26)38-34(43)45/h3-8,23,27-28,32H,2,9-22,24H2,1H3,(H,38,45). The zero-order valence-corrected chi connectivity index (χ0v) is 30.4. The number of piperidine rings is 2. The van der Waals surface area contributed by atoms with Crippen LogP contribution >= 0.6 is 31.9 Å². The van der Waals surface area contributed by atoms with Crippen LogP contribution in [0, 0.1) is 0 Å². The van der Waals surface area contributed by atoms with Gasteiger partial charge in [-0.3, -0.25) is 9.69 Å². The van der Waals surface area contributed by atoms with Crippen molar-refractivity contribution in [1.29, 1.82) is 0 Å². The Morgan fingerprint density at radius 3 is 2.23 bits per heavy atom. The minimum atomic E-state index is -0.909. The molecule has 10 nitrogen and oxygen atoms in total. The summed E-state index contributed by atoms with van der Waals surface area (Å²) in [5, 5.41) is 3.06. The van der Waals surface area contributed by atoms with Gasteiger partial charge in [0.25, 0.3) is 5.91 Å². The number of nitrogens with zero attached hydrogens (tertiary/aromatic N) is 5. The highest BCUT2D eigenvalue weighted by molar-refractivity contribution is 9.13. The summed E-state index contributed by atoms with van der Waals surface area (Å²) < 4.78 is 7.88. The van der Waals surface area contributed by atoms with Crippen LogP contribution in [0.1, 0.15) is 43.7 Å². The number of carbonyl (C=O) groups excluding carboxylic acids is 3. The van der Waals surface area contributed by atoms with E-state index in [-0.39, 0.29) is 18.0 Å². The van der Waals surface area contributed by atoms with Crippen molar-refractivity contribution in [3.8, 4) is 0 Å². The number of nitrogens with one attached hydrogen (secondary N) is 1. The Hall–Kier alpha value is -2.67. The summed E-state index contributed by atoms with van der Waals surface area (Å²) in [7, 11) is 0. The maximum absolute atomic E-state index is 14.0. The molecule has 1 unspecified atom stereocenters. The maximum atomic E-state index is 14.0. The third-order valence-corrected chi connectivity index (χ3v) is 12.3. The quantitative estimate of drug-likeness (QED) is 0.404. The number of piperazine rings is 1. The molecule has 4 amide bonds. The van der Waals surface area contributed by atoms with Gasteiger partial charge in [-0.2, -0.15) is 0 Å². The highest BCUT2D eigenvalue weighted by Gasteiger charge is 2.36. The SMILES string of the molecule is CCN1CCN(C2CCN(C(=O)C(Cc3ccc(Br)c(Br)c3)OC(=O)N3CCC(N4CCc5ccccc5NC4=O)CC3)CC2)CC1. The van der Waals surface area contributed by atoms with Crippen LogP contribution < -0.4 is 5.32 Å². The lowest BCUT2D eigenvalue weighted by molar-refractivity contribution is -0.142. The van der Waals surface area contributed by atoms with Crippen molar-refractivity contribution in [3.05, 3.63) is 62.5 Å². The molecule has 1 atom stereocenters. The minimum Gasteiger partial charge on any atom is -0.436 e. The molecule has 47 heavy (non-hydrogen) atoms. The number of carbonyl (C=O) groups is 3. The normalized spacial score (nSPS) is 21.2. The van der Waals surface area contributed by atoms with Gasteiger partial charge in [0.15, 0.2) is 6.10 Å². The lowest BCUT2D eigenvalue weighted by atomic mass is 10.0. The summed E-state index contributed by atoms with van der Waals surface area (Å²) in [5.74, 6) is -0.123. The van der Waals surface area contributed by atoms with Crippen molar-refractivity contribution >= 4 is 55.6 Å². The first kappa shape index (κ1) is 34.2. The van der Waals surface area contributed by atoms with Gasteiger partial charge in [0.2, 0.25) is 0 Å². The van der Waals surface area contributed by atoms with Gasteiger partial charge >= 0.3 is 12.1 Å². The van der Waals surface area contributed by atoms with Crippen LogP contribution in [-0.4, -0.2) is 126 Å². The number of amides is 4. The second-order valence-electron chi connectivity index (χ2n) is 13.1. The Morgan fingerprint density at radius 2 is 1.53 bits per heavy atom. The first-order valence-corrected chi connectivity index (χ1v) is 18.7. The highest BCUT2D eigenvalue weighted by atomic mass is 79.9.